The minimum atomic E-state index is -1.26. The Balaban J connectivity index is 2.73. The largest absolute Gasteiger partial charge is 0.388 e. The van der Waals surface area contributed by atoms with Crippen LogP contribution in [0, 0.1) is 0 Å². The molecule has 0 spiro atoms. The van der Waals surface area contributed by atoms with Gasteiger partial charge in [-0.05, 0) is 6.92 Å². The smallest absolute Gasteiger partial charge is 0.111 e. The molecule has 0 aromatic rings. The van der Waals surface area contributed by atoms with Gasteiger partial charge in [0.05, 0.1) is 6.10 Å². The van der Waals surface area contributed by atoms with E-state index < -0.39 is 36.6 Å². The van der Waals surface area contributed by atoms with Gasteiger partial charge in [0.15, 0.2) is 0 Å². The summed E-state index contributed by atoms with van der Waals surface area (Å²) in [5, 5.41) is 28.5. The highest BCUT2D eigenvalue weighted by molar-refractivity contribution is 4.95. The van der Waals surface area contributed by atoms with Gasteiger partial charge >= 0.3 is 0 Å². The van der Waals surface area contributed by atoms with Crippen molar-refractivity contribution in [3.8, 4) is 0 Å². The molecular weight excluding hydrogens is 188 g/mol. The maximum atomic E-state index is 9.54. The summed E-state index contributed by atoms with van der Waals surface area (Å²) in [7, 11) is 0. The summed E-state index contributed by atoms with van der Waals surface area (Å²) in [4.78, 5) is 0. The van der Waals surface area contributed by atoms with Gasteiger partial charge in [-0.3, -0.25) is 0 Å². The van der Waals surface area contributed by atoms with Crippen molar-refractivity contribution >= 4 is 0 Å². The van der Waals surface area contributed by atoms with Crippen molar-refractivity contribution in [1.29, 1.82) is 0 Å². The van der Waals surface area contributed by atoms with Crippen molar-refractivity contribution in [2.45, 2.75) is 43.5 Å². The van der Waals surface area contributed by atoms with Crippen molar-refractivity contribution < 1.29 is 20.1 Å². The first kappa shape index (κ1) is 11.8. The minimum Gasteiger partial charge on any atom is -0.388 e. The Kier molecular flexibility index (Phi) is 3.82. The fraction of sp³-hybridized carbons (Fsp3) is 1.00. The third kappa shape index (κ3) is 2.05. The van der Waals surface area contributed by atoms with Crippen LogP contribution < -0.4 is 11.5 Å². The Labute approximate surface area is 82.5 Å². The lowest BCUT2D eigenvalue weighted by atomic mass is 9.92. The van der Waals surface area contributed by atoms with E-state index in [4.69, 9.17) is 16.2 Å². The van der Waals surface area contributed by atoms with Gasteiger partial charge in [-0.15, -0.1) is 0 Å². The van der Waals surface area contributed by atoms with Crippen LogP contribution in [0.5, 0.6) is 0 Å². The number of aliphatic hydroxyl groups is 3. The zero-order valence-corrected chi connectivity index (χ0v) is 8.08. The molecule has 6 atom stereocenters. The van der Waals surface area contributed by atoms with E-state index in [0.717, 1.165) is 0 Å². The van der Waals surface area contributed by atoms with E-state index in [2.05, 4.69) is 0 Å². The van der Waals surface area contributed by atoms with Gasteiger partial charge in [0.1, 0.15) is 24.4 Å². The second kappa shape index (κ2) is 4.52. The van der Waals surface area contributed by atoms with E-state index >= 15 is 0 Å². The Morgan fingerprint density at radius 2 is 1.79 bits per heavy atom. The summed E-state index contributed by atoms with van der Waals surface area (Å²) in [5.74, 6) is 0. The topological polar surface area (TPSA) is 122 Å². The van der Waals surface area contributed by atoms with E-state index in [-0.39, 0.29) is 6.54 Å². The molecule has 1 aliphatic heterocycles. The molecule has 0 aromatic carbocycles. The van der Waals surface area contributed by atoms with Crippen LogP contribution in [0.25, 0.3) is 0 Å². The molecule has 1 aliphatic rings. The van der Waals surface area contributed by atoms with Crippen LogP contribution in [0.1, 0.15) is 6.92 Å². The molecule has 84 valence electrons. The number of aliphatic hydroxyl groups excluding tert-OH is 3. The van der Waals surface area contributed by atoms with Crippen LogP contribution in [0.15, 0.2) is 0 Å². The summed E-state index contributed by atoms with van der Waals surface area (Å²) in [6.45, 7) is 1.74. The highest BCUT2D eigenvalue weighted by Crippen LogP contribution is 2.21. The molecule has 1 saturated heterocycles. The Morgan fingerprint density at radius 1 is 1.21 bits per heavy atom. The Bertz CT molecular complexity index is 188. The van der Waals surface area contributed by atoms with E-state index in [1.54, 1.807) is 6.92 Å². The normalized spacial score (nSPS) is 46.3. The molecule has 14 heavy (non-hydrogen) atoms. The number of hydrogen-bond acceptors (Lipinski definition) is 6. The van der Waals surface area contributed by atoms with Crippen molar-refractivity contribution in [3.63, 3.8) is 0 Å². The zero-order valence-electron chi connectivity index (χ0n) is 8.08. The van der Waals surface area contributed by atoms with Crippen LogP contribution >= 0.6 is 0 Å². The fourth-order valence-electron chi connectivity index (χ4n) is 1.61. The van der Waals surface area contributed by atoms with Crippen LogP contribution in [0.3, 0.4) is 0 Å². The predicted octanol–water partition coefficient (Wildman–Crippen LogP) is -2.86. The number of ether oxygens (including phenoxy) is 1. The second-order valence-electron chi connectivity index (χ2n) is 3.71. The third-order valence-electron chi connectivity index (χ3n) is 2.50. The van der Waals surface area contributed by atoms with Crippen molar-refractivity contribution in [2.75, 3.05) is 6.54 Å². The first-order valence-corrected chi connectivity index (χ1v) is 4.64. The zero-order chi connectivity index (χ0) is 10.9. The molecule has 6 unspecified atom stereocenters. The van der Waals surface area contributed by atoms with Gasteiger partial charge in [-0.1, -0.05) is 0 Å². The lowest BCUT2D eigenvalue weighted by Crippen LogP contribution is -2.62. The average molecular weight is 206 g/mol. The molecule has 7 N–H and O–H groups in total. The molecule has 6 heteroatoms. The summed E-state index contributed by atoms with van der Waals surface area (Å²) in [6, 6.07) is -0.429. The van der Waals surface area contributed by atoms with Crippen molar-refractivity contribution in [1.82, 2.24) is 0 Å². The first-order chi connectivity index (χ1) is 6.49. The Hall–Kier alpha value is -0.240. The molecular formula is C8H18N2O4. The first-order valence-electron chi connectivity index (χ1n) is 4.64. The predicted molar refractivity (Wildman–Crippen MR) is 49.4 cm³/mol. The van der Waals surface area contributed by atoms with Crippen LogP contribution in [0.4, 0.5) is 0 Å². The van der Waals surface area contributed by atoms with Gasteiger partial charge in [0.25, 0.3) is 0 Å². The van der Waals surface area contributed by atoms with Crippen molar-refractivity contribution in [3.05, 3.63) is 0 Å². The number of rotatable bonds is 2. The SMILES string of the molecule is CC(N)C1OC(CN)C(O)C(O)C1O. The number of hydrogen-bond donors (Lipinski definition) is 5. The molecule has 1 heterocycles. The molecule has 0 amide bonds. The van der Waals surface area contributed by atoms with Crippen LogP contribution in [-0.2, 0) is 4.74 Å². The quantitative estimate of drug-likeness (QED) is 0.331. The second-order valence-corrected chi connectivity index (χ2v) is 3.71. The lowest BCUT2D eigenvalue weighted by Gasteiger charge is -2.41. The molecule has 0 saturated carbocycles. The summed E-state index contributed by atoms with van der Waals surface area (Å²) < 4.78 is 5.28. The number of nitrogens with two attached hydrogens (primary N) is 2. The molecule has 0 radical (unpaired) electrons. The molecule has 1 fully saturated rings. The van der Waals surface area contributed by atoms with Crippen LogP contribution in [-0.4, -0.2) is 58.4 Å². The summed E-state index contributed by atoms with van der Waals surface area (Å²) >= 11 is 0. The van der Waals surface area contributed by atoms with Gasteiger partial charge in [0.2, 0.25) is 0 Å². The van der Waals surface area contributed by atoms with Gasteiger partial charge in [-0.25, -0.2) is 0 Å². The maximum Gasteiger partial charge on any atom is 0.111 e. The van der Waals surface area contributed by atoms with Crippen molar-refractivity contribution in [2.24, 2.45) is 11.5 Å². The van der Waals surface area contributed by atoms with Gasteiger partial charge in [-0.2, -0.15) is 0 Å². The van der Waals surface area contributed by atoms with E-state index in [1.165, 1.54) is 0 Å². The third-order valence-corrected chi connectivity index (χ3v) is 2.50. The van der Waals surface area contributed by atoms with Gasteiger partial charge < -0.3 is 31.5 Å². The fourth-order valence-corrected chi connectivity index (χ4v) is 1.61. The highest BCUT2D eigenvalue weighted by Gasteiger charge is 2.44. The van der Waals surface area contributed by atoms with Gasteiger partial charge in [0, 0.05) is 12.6 Å². The lowest BCUT2D eigenvalue weighted by molar-refractivity contribution is -0.222. The standard InChI is InChI=1S/C8H18N2O4/c1-3(10)8-7(13)6(12)5(11)4(2-9)14-8/h3-8,11-13H,2,9-10H2,1H3. The summed E-state index contributed by atoms with van der Waals surface area (Å²) in [6.07, 6.45) is -4.96. The monoisotopic (exact) mass is 206 g/mol. The molecule has 0 aliphatic carbocycles. The summed E-state index contributed by atoms with van der Waals surface area (Å²) in [5.41, 5.74) is 10.9. The Morgan fingerprint density at radius 3 is 2.21 bits per heavy atom. The van der Waals surface area contributed by atoms with E-state index in [9.17, 15) is 15.3 Å². The molecule has 6 nitrogen and oxygen atoms in total. The average Bonchev–Trinajstić information content (AvgIpc) is 2.14. The van der Waals surface area contributed by atoms with E-state index in [0.29, 0.717) is 0 Å². The van der Waals surface area contributed by atoms with Crippen LogP contribution in [0.2, 0.25) is 0 Å². The maximum absolute atomic E-state index is 9.54. The molecule has 0 bridgehead atoms. The van der Waals surface area contributed by atoms with E-state index in [1.807, 2.05) is 0 Å². The highest BCUT2D eigenvalue weighted by atomic mass is 16.5. The minimum absolute atomic E-state index is 0.0775. The molecule has 1 rings (SSSR count). The molecule has 0 aromatic heterocycles.